The van der Waals surface area contributed by atoms with Crippen LogP contribution in [0.5, 0.6) is 5.75 Å². The summed E-state index contributed by atoms with van der Waals surface area (Å²) in [5.41, 5.74) is 3.16. The number of carbonyl (C=O) groups is 1. The van der Waals surface area contributed by atoms with Crippen molar-refractivity contribution in [3.8, 4) is 17.0 Å². The highest BCUT2D eigenvalue weighted by Crippen LogP contribution is 2.33. The second-order valence-electron chi connectivity index (χ2n) is 8.32. The first-order valence-corrected chi connectivity index (χ1v) is 12.2. The van der Waals surface area contributed by atoms with E-state index in [1.807, 2.05) is 31.2 Å². The van der Waals surface area contributed by atoms with Crippen molar-refractivity contribution in [3.63, 3.8) is 0 Å². The summed E-state index contributed by atoms with van der Waals surface area (Å²) in [6.07, 6.45) is 2.47. The second kappa shape index (κ2) is 7.33. The van der Waals surface area contributed by atoms with Gasteiger partial charge in [0.25, 0.3) is 5.91 Å². The number of hydrogen-bond acceptors (Lipinski definition) is 6. The van der Waals surface area contributed by atoms with Crippen molar-refractivity contribution >= 4 is 26.8 Å². The van der Waals surface area contributed by atoms with Gasteiger partial charge in [-0.25, -0.2) is 18.1 Å². The topological polar surface area (TPSA) is 103 Å². The number of aromatic nitrogens is 3. The van der Waals surface area contributed by atoms with Gasteiger partial charge in [0, 0.05) is 11.6 Å². The monoisotopic (exact) mass is 440 g/mol. The first kappa shape index (κ1) is 20.0. The molecule has 8 nitrogen and oxygen atoms in total. The number of amides is 1. The predicted octanol–water partition coefficient (Wildman–Crippen LogP) is 2.67. The number of ether oxygens (including phenoxy) is 1. The molecule has 2 aliphatic rings. The standard InChI is InChI=1S/C22H24N4O4S/c1-13-20-18(22(27)23-15-6-7-15)11-19(14-4-3-5-17(10-14)30-2)24-21(20)26(25-13)16-8-9-31(28,29)12-16/h3-5,10-11,15-16H,6-9,12H2,1-2H3,(H,23,27). The van der Waals surface area contributed by atoms with Crippen LogP contribution in [0, 0.1) is 6.92 Å². The van der Waals surface area contributed by atoms with Crippen LogP contribution in [0.4, 0.5) is 0 Å². The molecular formula is C22H24N4O4S. The minimum absolute atomic E-state index is 0.0396. The fourth-order valence-electron chi connectivity index (χ4n) is 4.14. The summed E-state index contributed by atoms with van der Waals surface area (Å²) in [4.78, 5) is 17.9. The number of nitrogens with zero attached hydrogens (tertiary/aromatic N) is 3. The van der Waals surface area contributed by atoms with Crippen molar-refractivity contribution < 1.29 is 17.9 Å². The molecule has 0 bridgehead atoms. The molecule has 1 unspecified atom stereocenters. The number of fused-ring (bicyclic) bond motifs is 1. The lowest BCUT2D eigenvalue weighted by Gasteiger charge is -2.12. The van der Waals surface area contributed by atoms with Crippen LogP contribution in [0.15, 0.2) is 30.3 Å². The summed E-state index contributed by atoms with van der Waals surface area (Å²) in [7, 11) is -1.49. The van der Waals surface area contributed by atoms with Crippen LogP contribution >= 0.6 is 0 Å². The number of benzene rings is 1. The van der Waals surface area contributed by atoms with Gasteiger partial charge in [0.2, 0.25) is 0 Å². The molecule has 31 heavy (non-hydrogen) atoms. The molecule has 1 aliphatic heterocycles. The first-order chi connectivity index (χ1) is 14.8. The van der Waals surface area contributed by atoms with E-state index in [2.05, 4.69) is 10.4 Å². The molecule has 1 aliphatic carbocycles. The van der Waals surface area contributed by atoms with E-state index in [4.69, 9.17) is 9.72 Å². The lowest BCUT2D eigenvalue weighted by molar-refractivity contribution is 0.0952. The zero-order chi connectivity index (χ0) is 21.8. The van der Waals surface area contributed by atoms with Crippen LogP contribution < -0.4 is 10.1 Å². The van der Waals surface area contributed by atoms with Crippen LogP contribution in [0.1, 0.15) is 41.4 Å². The van der Waals surface area contributed by atoms with Crippen molar-refractivity contribution in [3.05, 3.63) is 41.6 Å². The molecule has 1 atom stereocenters. The van der Waals surface area contributed by atoms with Gasteiger partial charge in [0.1, 0.15) is 5.75 Å². The molecule has 2 aromatic heterocycles. The van der Waals surface area contributed by atoms with Crippen molar-refractivity contribution in [1.82, 2.24) is 20.1 Å². The van der Waals surface area contributed by atoms with Gasteiger partial charge >= 0.3 is 0 Å². The van der Waals surface area contributed by atoms with E-state index in [1.165, 1.54) is 0 Å². The van der Waals surface area contributed by atoms with E-state index in [0.29, 0.717) is 40.2 Å². The first-order valence-electron chi connectivity index (χ1n) is 10.4. The van der Waals surface area contributed by atoms with Gasteiger partial charge in [0.15, 0.2) is 15.5 Å². The third kappa shape index (κ3) is 3.78. The fraction of sp³-hybridized carbons (Fsp3) is 0.409. The number of carbonyl (C=O) groups excluding carboxylic acids is 1. The number of methoxy groups -OCH3 is 1. The maximum atomic E-state index is 13.1. The average molecular weight is 441 g/mol. The zero-order valence-corrected chi connectivity index (χ0v) is 18.3. The Morgan fingerprint density at radius 1 is 1.23 bits per heavy atom. The predicted molar refractivity (Wildman–Crippen MR) is 117 cm³/mol. The van der Waals surface area contributed by atoms with Crippen LogP contribution in [0.2, 0.25) is 0 Å². The fourth-order valence-corrected chi connectivity index (χ4v) is 5.83. The molecule has 3 aromatic rings. The van der Waals surface area contributed by atoms with Crippen LogP contribution in [0.25, 0.3) is 22.3 Å². The summed E-state index contributed by atoms with van der Waals surface area (Å²) >= 11 is 0. The van der Waals surface area contributed by atoms with Crippen molar-refractivity contribution in [2.24, 2.45) is 0 Å². The van der Waals surface area contributed by atoms with Gasteiger partial charge in [-0.2, -0.15) is 5.10 Å². The maximum Gasteiger partial charge on any atom is 0.252 e. The number of rotatable bonds is 5. The summed E-state index contributed by atoms with van der Waals surface area (Å²) in [5.74, 6) is 0.719. The third-order valence-electron chi connectivity index (χ3n) is 5.91. The molecule has 0 spiro atoms. The lowest BCUT2D eigenvalue weighted by Crippen LogP contribution is -2.25. The van der Waals surface area contributed by atoms with E-state index >= 15 is 0 Å². The normalized spacial score (nSPS) is 20.1. The van der Waals surface area contributed by atoms with E-state index in [9.17, 15) is 13.2 Å². The minimum atomic E-state index is -3.09. The summed E-state index contributed by atoms with van der Waals surface area (Å²) in [6.45, 7) is 1.84. The molecule has 0 radical (unpaired) electrons. The van der Waals surface area contributed by atoms with Crippen molar-refractivity contribution in [1.29, 1.82) is 0 Å². The molecule has 5 rings (SSSR count). The molecule has 162 valence electrons. The smallest absolute Gasteiger partial charge is 0.252 e. The molecular weight excluding hydrogens is 416 g/mol. The highest BCUT2D eigenvalue weighted by Gasteiger charge is 2.33. The van der Waals surface area contributed by atoms with Gasteiger partial charge < -0.3 is 10.1 Å². The number of nitrogens with one attached hydrogen (secondary N) is 1. The van der Waals surface area contributed by atoms with Crippen molar-refractivity contribution in [2.45, 2.75) is 38.3 Å². The number of sulfone groups is 1. The lowest BCUT2D eigenvalue weighted by atomic mass is 10.0. The SMILES string of the molecule is COc1cccc(-c2cc(C(=O)NC3CC3)c3c(C)nn(C4CCS(=O)(=O)C4)c3n2)c1. The third-order valence-corrected chi connectivity index (χ3v) is 7.66. The summed E-state index contributed by atoms with van der Waals surface area (Å²) in [6, 6.07) is 9.22. The Hall–Kier alpha value is -2.94. The quantitative estimate of drug-likeness (QED) is 0.654. The van der Waals surface area contributed by atoms with E-state index < -0.39 is 9.84 Å². The molecule has 3 heterocycles. The Labute approximate surface area is 180 Å². The molecule has 1 N–H and O–H groups in total. The van der Waals surface area contributed by atoms with Gasteiger partial charge in [-0.3, -0.25) is 4.79 Å². The summed E-state index contributed by atoms with van der Waals surface area (Å²) < 4.78 is 31.2. The van der Waals surface area contributed by atoms with E-state index in [-0.39, 0.29) is 29.5 Å². The van der Waals surface area contributed by atoms with Gasteiger partial charge in [0.05, 0.1) is 47.0 Å². The van der Waals surface area contributed by atoms with Crippen molar-refractivity contribution in [2.75, 3.05) is 18.6 Å². The largest absolute Gasteiger partial charge is 0.497 e. The van der Waals surface area contributed by atoms with Gasteiger partial charge in [-0.15, -0.1) is 0 Å². The Balaban J connectivity index is 1.70. The molecule has 1 aromatic carbocycles. The Morgan fingerprint density at radius 2 is 2.03 bits per heavy atom. The molecule has 1 amide bonds. The Kier molecular flexibility index (Phi) is 4.73. The number of aryl methyl sites for hydroxylation is 1. The van der Waals surface area contributed by atoms with Crippen LogP contribution in [-0.4, -0.2) is 53.7 Å². The molecule has 2 fully saturated rings. The summed E-state index contributed by atoms with van der Waals surface area (Å²) in [5, 5.41) is 8.36. The second-order valence-corrected chi connectivity index (χ2v) is 10.5. The number of pyridine rings is 1. The van der Waals surface area contributed by atoms with E-state index in [1.54, 1.807) is 17.9 Å². The highest BCUT2D eigenvalue weighted by molar-refractivity contribution is 7.91. The molecule has 9 heteroatoms. The minimum Gasteiger partial charge on any atom is -0.497 e. The Morgan fingerprint density at radius 3 is 2.71 bits per heavy atom. The molecule has 1 saturated heterocycles. The van der Waals surface area contributed by atoms with Crippen LogP contribution in [0.3, 0.4) is 0 Å². The zero-order valence-electron chi connectivity index (χ0n) is 17.5. The maximum absolute atomic E-state index is 13.1. The highest BCUT2D eigenvalue weighted by atomic mass is 32.2. The van der Waals surface area contributed by atoms with E-state index in [0.717, 1.165) is 18.4 Å². The van der Waals surface area contributed by atoms with Crippen LogP contribution in [-0.2, 0) is 9.84 Å². The molecule has 1 saturated carbocycles. The Bertz CT molecular complexity index is 1290. The average Bonchev–Trinajstić information content (AvgIpc) is 3.41. The van der Waals surface area contributed by atoms with Gasteiger partial charge in [-0.1, -0.05) is 12.1 Å². The number of hydrogen-bond donors (Lipinski definition) is 1. The van der Waals surface area contributed by atoms with Gasteiger partial charge in [-0.05, 0) is 44.4 Å².